The summed E-state index contributed by atoms with van der Waals surface area (Å²) in [7, 11) is -1.96. The highest BCUT2D eigenvalue weighted by molar-refractivity contribution is 7.92. The zero-order chi connectivity index (χ0) is 15.3. The van der Waals surface area contributed by atoms with E-state index in [1.807, 2.05) is 18.2 Å². The van der Waals surface area contributed by atoms with E-state index in [0.717, 1.165) is 18.7 Å². The van der Waals surface area contributed by atoms with Crippen molar-refractivity contribution in [2.24, 2.45) is 0 Å². The molecule has 0 spiro atoms. The monoisotopic (exact) mass is 304 g/mol. The lowest BCUT2D eigenvalue weighted by atomic mass is 10.3. The molecule has 0 radical (unpaired) electrons. The number of nitrogens with zero attached hydrogens (tertiary/aromatic N) is 1. The molecular weight excluding hydrogens is 284 g/mol. The van der Waals surface area contributed by atoms with Gasteiger partial charge in [-0.2, -0.15) is 0 Å². The van der Waals surface area contributed by atoms with E-state index in [9.17, 15) is 8.42 Å². The molecule has 2 rings (SSSR count). The summed E-state index contributed by atoms with van der Waals surface area (Å²) in [6.07, 6.45) is 1.02. The lowest BCUT2D eigenvalue weighted by Crippen LogP contribution is -2.26. The molecule has 2 aromatic carbocycles. The van der Waals surface area contributed by atoms with Crippen LogP contribution in [0.2, 0.25) is 0 Å². The van der Waals surface area contributed by atoms with Crippen molar-refractivity contribution in [2.45, 2.75) is 18.2 Å². The molecule has 0 unspecified atom stereocenters. The van der Waals surface area contributed by atoms with E-state index in [1.54, 1.807) is 43.4 Å². The van der Waals surface area contributed by atoms with Crippen molar-refractivity contribution >= 4 is 21.4 Å². The lowest BCUT2D eigenvalue weighted by Gasteiger charge is -2.19. The van der Waals surface area contributed by atoms with Gasteiger partial charge in [-0.15, -0.1) is 0 Å². The molecule has 0 aromatic heterocycles. The molecule has 112 valence electrons. The van der Waals surface area contributed by atoms with E-state index in [-0.39, 0.29) is 4.90 Å². The third kappa shape index (κ3) is 3.55. The van der Waals surface area contributed by atoms with Crippen molar-refractivity contribution in [1.82, 2.24) is 0 Å². The second-order valence-electron chi connectivity index (χ2n) is 4.76. The highest BCUT2D eigenvalue weighted by atomic mass is 32.2. The Morgan fingerprint density at radius 1 is 1.00 bits per heavy atom. The van der Waals surface area contributed by atoms with Gasteiger partial charge in [0.2, 0.25) is 0 Å². The minimum Gasteiger partial charge on any atom is -0.385 e. The van der Waals surface area contributed by atoms with Crippen LogP contribution in [0.25, 0.3) is 0 Å². The van der Waals surface area contributed by atoms with Crippen LogP contribution < -0.4 is 9.62 Å². The van der Waals surface area contributed by atoms with E-state index >= 15 is 0 Å². The van der Waals surface area contributed by atoms with Crippen LogP contribution >= 0.6 is 0 Å². The normalized spacial score (nSPS) is 11.1. The molecule has 0 atom stereocenters. The first kappa shape index (κ1) is 15.4. The third-order valence-electron chi connectivity index (χ3n) is 3.21. The number of para-hydroxylation sites is 1. The molecule has 2 aromatic rings. The summed E-state index contributed by atoms with van der Waals surface area (Å²) in [5.41, 5.74) is 1.57. The van der Waals surface area contributed by atoms with E-state index < -0.39 is 10.0 Å². The summed E-state index contributed by atoms with van der Waals surface area (Å²) < 4.78 is 26.4. The number of rotatable bonds is 6. The van der Waals surface area contributed by atoms with Crippen molar-refractivity contribution in [3.63, 3.8) is 0 Å². The van der Waals surface area contributed by atoms with Crippen molar-refractivity contribution < 1.29 is 8.42 Å². The summed E-state index contributed by atoms with van der Waals surface area (Å²) in [6, 6.07) is 15.9. The van der Waals surface area contributed by atoms with Crippen LogP contribution in [0, 0.1) is 0 Å². The molecule has 0 bridgehead atoms. The van der Waals surface area contributed by atoms with Gasteiger partial charge in [0.1, 0.15) is 0 Å². The zero-order valence-electron chi connectivity index (χ0n) is 12.3. The van der Waals surface area contributed by atoms with Gasteiger partial charge in [0.05, 0.1) is 10.6 Å². The van der Waals surface area contributed by atoms with Crippen LogP contribution in [0.5, 0.6) is 0 Å². The Labute approximate surface area is 126 Å². The second-order valence-corrected chi connectivity index (χ2v) is 6.73. The van der Waals surface area contributed by atoms with E-state index in [1.165, 1.54) is 4.31 Å². The number of sulfonamides is 1. The molecule has 0 aliphatic heterocycles. The van der Waals surface area contributed by atoms with Crippen LogP contribution in [0.4, 0.5) is 11.4 Å². The number of hydrogen-bond acceptors (Lipinski definition) is 3. The van der Waals surface area contributed by atoms with Crippen LogP contribution in [-0.4, -0.2) is 22.0 Å². The fraction of sp³-hybridized carbons (Fsp3) is 0.250. The number of benzene rings is 2. The van der Waals surface area contributed by atoms with E-state index in [2.05, 4.69) is 12.2 Å². The maximum atomic E-state index is 12.6. The Bertz CT molecular complexity index is 667. The van der Waals surface area contributed by atoms with Gasteiger partial charge < -0.3 is 5.32 Å². The minimum absolute atomic E-state index is 0.288. The van der Waals surface area contributed by atoms with E-state index in [4.69, 9.17) is 0 Å². The fourth-order valence-electron chi connectivity index (χ4n) is 1.95. The smallest absolute Gasteiger partial charge is 0.264 e. The third-order valence-corrected chi connectivity index (χ3v) is 5.01. The van der Waals surface area contributed by atoms with Crippen molar-refractivity contribution in [3.8, 4) is 0 Å². The van der Waals surface area contributed by atoms with Gasteiger partial charge in [-0.1, -0.05) is 25.1 Å². The van der Waals surface area contributed by atoms with Crippen molar-refractivity contribution in [2.75, 3.05) is 23.2 Å². The summed E-state index contributed by atoms with van der Waals surface area (Å²) in [5.74, 6) is 0. The predicted molar refractivity (Wildman–Crippen MR) is 87.3 cm³/mol. The summed E-state index contributed by atoms with van der Waals surface area (Å²) in [6.45, 7) is 2.96. The number of nitrogens with one attached hydrogen (secondary N) is 1. The first-order valence-electron chi connectivity index (χ1n) is 6.93. The Morgan fingerprint density at radius 3 is 2.19 bits per heavy atom. The Kier molecular flexibility index (Phi) is 4.85. The summed E-state index contributed by atoms with van der Waals surface area (Å²) >= 11 is 0. The van der Waals surface area contributed by atoms with Crippen molar-refractivity contribution in [1.29, 1.82) is 0 Å². The van der Waals surface area contributed by atoms with E-state index in [0.29, 0.717) is 5.69 Å². The lowest BCUT2D eigenvalue weighted by molar-refractivity contribution is 0.594. The molecule has 4 nitrogen and oxygen atoms in total. The Morgan fingerprint density at radius 2 is 1.62 bits per heavy atom. The SMILES string of the molecule is CCCNc1ccc(S(=O)(=O)N(C)c2ccccc2)cc1. The van der Waals surface area contributed by atoms with Gasteiger partial charge in [0.15, 0.2) is 0 Å². The number of hydrogen-bond donors (Lipinski definition) is 1. The minimum atomic E-state index is -3.52. The van der Waals surface area contributed by atoms with Crippen LogP contribution in [0.15, 0.2) is 59.5 Å². The van der Waals surface area contributed by atoms with Crippen LogP contribution in [0.1, 0.15) is 13.3 Å². The van der Waals surface area contributed by atoms with Gasteiger partial charge in [0.25, 0.3) is 10.0 Å². The molecule has 0 fully saturated rings. The average Bonchev–Trinajstić information content (AvgIpc) is 2.53. The van der Waals surface area contributed by atoms with Crippen LogP contribution in [-0.2, 0) is 10.0 Å². The standard InChI is InChI=1S/C16H20N2O2S/c1-3-13-17-14-9-11-16(12-10-14)21(19,20)18(2)15-7-5-4-6-8-15/h4-12,17H,3,13H2,1-2H3. The van der Waals surface area contributed by atoms with Crippen LogP contribution in [0.3, 0.4) is 0 Å². The molecule has 0 aliphatic carbocycles. The van der Waals surface area contributed by atoms with Gasteiger partial charge in [-0.3, -0.25) is 4.31 Å². The molecule has 0 saturated heterocycles. The molecule has 5 heteroatoms. The topological polar surface area (TPSA) is 49.4 Å². The van der Waals surface area contributed by atoms with Gasteiger partial charge >= 0.3 is 0 Å². The molecule has 21 heavy (non-hydrogen) atoms. The molecule has 0 amide bonds. The Hall–Kier alpha value is -2.01. The molecular formula is C16H20N2O2S. The van der Waals surface area contributed by atoms with Gasteiger partial charge in [0, 0.05) is 19.3 Å². The maximum absolute atomic E-state index is 12.6. The molecule has 0 heterocycles. The first-order chi connectivity index (χ1) is 10.1. The second kappa shape index (κ2) is 6.63. The molecule has 0 saturated carbocycles. The largest absolute Gasteiger partial charge is 0.385 e. The first-order valence-corrected chi connectivity index (χ1v) is 8.37. The highest BCUT2D eigenvalue weighted by Gasteiger charge is 2.20. The summed E-state index contributed by atoms with van der Waals surface area (Å²) in [5, 5.41) is 3.23. The predicted octanol–water partition coefficient (Wildman–Crippen LogP) is 3.33. The average molecular weight is 304 g/mol. The number of anilines is 2. The van der Waals surface area contributed by atoms with Crippen molar-refractivity contribution in [3.05, 3.63) is 54.6 Å². The quantitative estimate of drug-likeness (QED) is 0.890. The Balaban J connectivity index is 2.23. The fourth-order valence-corrected chi connectivity index (χ4v) is 3.14. The van der Waals surface area contributed by atoms with Gasteiger partial charge in [-0.25, -0.2) is 8.42 Å². The maximum Gasteiger partial charge on any atom is 0.264 e. The highest BCUT2D eigenvalue weighted by Crippen LogP contribution is 2.22. The zero-order valence-corrected chi connectivity index (χ0v) is 13.1. The summed E-state index contributed by atoms with van der Waals surface area (Å²) in [4.78, 5) is 0.288. The van der Waals surface area contributed by atoms with Gasteiger partial charge in [-0.05, 0) is 42.8 Å². The molecule has 1 N–H and O–H groups in total. The molecule has 0 aliphatic rings.